The van der Waals surface area contributed by atoms with Crippen LogP contribution in [0.4, 0.5) is 5.69 Å². The average molecular weight is 416 g/mol. The maximum Gasteiger partial charge on any atom is 0.258 e. The predicted octanol–water partition coefficient (Wildman–Crippen LogP) is 2.30. The summed E-state index contributed by atoms with van der Waals surface area (Å²) < 4.78 is 5.43. The molecule has 0 saturated heterocycles. The van der Waals surface area contributed by atoms with Crippen molar-refractivity contribution in [2.75, 3.05) is 31.0 Å². The lowest BCUT2D eigenvalue weighted by Gasteiger charge is -2.18. The number of nitrogens with one attached hydrogen (secondary N) is 3. The first kappa shape index (κ1) is 22.3. The Bertz CT molecular complexity index is 812. The SMILES string of the molecule is CNC(=O)c1ccc(NC(=O)[C@@H](CCSC)NC(=O)COc2ccccc2)cc1. The number of anilines is 1. The molecule has 0 heterocycles. The molecule has 0 aliphatic rings. The van der Waals surface area contributed by atoms with Gasteiger partial charge in [0.1, 0.15) is 11.8 Å². The lowest BCUT2D eigenvalue weighted by atomic mass is 10.1. The van der Waals surface area contributed by atoms with Gasteiger partial charge in [0.25, 0.3) is 11.8 Å². The Morgan fingerprint density at radius 3 is 2.34 bits per heavy atom. The highest BCUT2D eigenvalue weighted by Crippen LogP contribution is 2.12. The first-order valence-electron chi connectivity index (χ1n) is 9.12. The molecule has 7 nitrogen and oxygen atoms in total. The van der Waals surface area contributed by atoms with Crippen molar-refractivity contribution >= 4 is 35.2 Å². The van der Waals surface area contributed by atoms with Crippen LogP contribution in [-0.4, -0.2) is 49.4 Å². The van der Waals surface area contributed by atoms with Crippen LogP contribution in [0, 0.1) is 0 Å². The number of hydrogen-bond donors (Lipinski definition) is 3. The molecule has 0 spiro atoms. The van der Waals surface area contributed by atoms with Crippen LogP contribution in [0.2, 0.25) is 0 Å². The number of rotatable bonds is 10. The molecule has 0 fully saturated rings. The van der Waals surface area contributed by atoms with E-state index >= 15 is 0 Å². The number of carbonyl (C=O) groups excluding carboxylic acids is 3. The van der Waals surface area contributed by atoms with Gasteiger partial charge in [-0.15, -0.1) is 0 Å². The van der Waals surface area contributed by atoms with Gasteiger partial charge in [-0.2, -0.15) is 11.8 Å². The third kappa shape index (κ3) is 7.50. The molecular weight excluding hydrogens is 390 g/mol. The number of benzene rings is 2. The highest BCUT2D eigenvalue weighted by molar-refractivity contribution is 7.98. The molecule has 2 aromatic rings. The van der Waals surface area contributed by atoms with Crippen LogP contribution in [-0.2, 0) is 9.59 Å². The molecule has 0 radical (unpaired) electrons. The maximum absolute atomic E-state index is 12.6. The Balaban J connectivity index is 1.94. The van der Waals surface area contributed by atoms with Crippen molar-refractivity contribution in [3.63, 3.8) is 0 Å². The summed E-state index contributed by atoms with van der Waals surface area (Å²) >= 11 is 1.59. The number of carbonyl (C=O) groups is 3. The number of para-hydroxylation sites is 1. The van der Waals surface area contributed by atoms with Gasteiger partial charge in [0, 0.05) is 18.3 Å². The minimum atomic E-state index is -0.687. The minimum Gasteiger partial charge on any atom is -0.484 e. The van der Waals surface area contributed by atoms with E-state index in [0.29, 0.717) is 29.2 Å². The van der Waals surface area contributed by atoms with Gasteiger partial charge in [-0.05, 0) is 54.8 Å². The smallest absolute Gasteiger partial charge is 0.258 e. The summed E-state index contributed by atoms with van der Waals surface area (Å²) in [5, 5.41) is 8.05. The number of thioether (sulfide) groups is 1. The van der Waals surface area contributed by atoms with Crippen molar-refractivity contribution in [3.8, 4) is 5.75 Å². The first-order valence-corrected chi connectivity index (χ1v) is 10.5. The molecule has 0 bridgehead atoms. The molecule has 154 valence electrons. The highest BCUT2D eigenvalue weighted by atomic mass is 32.2. The molecule has 0 aliphatic carbocycles. The van der Waals surface area contributed by atoms with Crippen molar-refractivity contribution in [1.82, 2.24) is 10.6 Å². The van der Waals surface area contributed by atoms with Crippen LogP contribution in [0.1, 0.15) is 16.8 Å². The fourth-order valence-corrected chi connectivity index (χ4v) is 2.96. The summed E-state index contributed by atoms with van der Waals surface area (Å²) in [6.07, 6.45) is 2.42. The molecule has 1 atom stereocenters. The van der Waals surface area contributed by atoms with Crippen LogP contribution < -0.4 is 20.7 Å². The van der Waals surface area contributed by atoms with E-state index in [-0.39, 0.29) is 24.3 Å². The summed E-state index contributed by atoms with van der Waals surface area (Å²) in [7, 11) is 1.55. The van der Waals surface area contributed by atoms with Gasteiger partial charge in [-0.1, -0.05) is 18.2 Å². The van der Waals surface area contributed by atoms with Gasteiger partial charge in [-0.3, -0.25) is 14.4 Å². The van der Waals surface area contributed by atoms with Gasteiger partial charge >= 0.3 is 0 Å². The van der Waals surface area contributed by atoms with E-state index in [9.17, 15) is 14.4 Å². The second-order valence-corrected chi connectivity index (χ2v) is 7.13. The zero-order valence-corrected chi connectivity index (χ0v) is 17.3. The second kappa shape index (κ2) is 11.8. The zero-order chi connectivity index (χ0) is 21.1. The van der Waals surface area contributed by atoms with Gasteiger partial charge in [0.15, 0.2) is 6.61 Å². The summed E-state index contributed by atoms with van der Waals surface area (Å²) in [6.45, 7) is -0.173. The van der Waals surface area contributed by atoms with Crippen LogP contribution in [0.3, 0.4) is 0 Å². The molecule has 0 aromatic heterocycles. The Morgan fingerprint density at radius 2 is 1.72 bits per heavy atom. The van der Waals surface area contributed by atoms with Gasteiger partial charge in [0.2, 0.25) is 5.91 Å². The Morgan fingerprint density at radius 1 is 1.03 bits per heavy atom. The summed E-state index contributed by atoms with van der Waals surface area (Å²) in [5.41, 5.74) is 1.04. The largest absolute Gasteiger partial charge is 0.484 e. The van der Waals surface area contributed by atoms with E-state index in [1.54, 1.807) is 55.2 Å². The molecule has 29 heavy (non-hydrogen) atoms. The van der Waals surface area contributed by atoms with Gasteiger partial charge in [0.05, 0.1) is 0 Å². The van der Waals surface area contributed by atoms with E-state index in [1.807, 2.05) is 24.5 Å². The van der Waals surface area contributed by atoms with Gasteiger partial charge < -0.3 is 20.7 Å². The predicted molar refractivity (Wildman–Crippen MR) is 115 cm³/mol. The Labute approximate surface area is 174 Å². The van der Waals surface area contributed by atoms with E-state index in [0.717, 1.165) is 0 Å². The second-order valence-electron chi connectivity index (χ2n) is 6.15. The molecule has 3 amide bonds. The molecule has 0 saturated carbocycles. The van der Waals surface area contributed by atoms with Crippen molar-refractivity contribution in [1.29, 1.82) is 0 Å². The Hall–Kier alpha value is -3.00. The monoisotopic (exact) mass is 415 g/mol. The van der Waals surface area contributed by atoms with Crippen molar-refractivity contribution in [2.24, 2.45) is 0 Å². The van der Waals surface area contributed by atoms with Crippen LogP contribution in [0.25, 0.3) is 0 Å². The minimum absolute atomic E-state index is 0.173. The summed E-state index contributed by atoms with van der Waals surface area (Å²) in [6, 6.07) is 14.9. The van der Waals surface area contributed by atoms with E-state index in [4.69, 9.17) is 4.74 Å². The van der Waals surface area contributed by atoms with Crippen molar-refractivity contribution in [2.45, 2.75) is 12.5 Å². The Kier molecular flexibility index (Phi) is 9.04. The number of amides is 3. The maximum atomic E-state index is 12.6. The van der Waals surface area contributed by atoms with Gasteiger partial charge in [-0.25, -0.2) is 0 Å². The third-order valence-corrected chi connectivity index (χ3v) is 4.66. The molecule has 0 aliphatic heterocycles. The molecule has 8 heteroatoms. The highest BCUT2D eigenvalue weighted by Gasteiger charge is 2.21. The fraction of sp³-hybridized carbons (Fsp3) is 0.286. The lowest BCUT2D eigenvalue weighted by molar-refractivity contribution is -0.127. The van der Waals surface area contributed by atoms with Crippen molar-refractivity contribution < 1.29 is 19.1 Å². The quantitative estimate of drug-likeness (QED) is 0.553. The van der Waals surface area contributed by atoms with Crippen LogP contribution in [0.5, 0.6) is 5.75 Å². The summed E-state index contributed by atoms with van der Waals surface area (Å²) in [4.78, 5) is 36.5. The first-order chi connectivity index (χ1) is 14.0. The number of ether oxygens (including phenoxy) is 1. The van der Waals surface area contributed by atoms with Crippen molar-refractivity contribution in [3.05, 3.63) is 60.2 Å². The lowest BCUT2D eigenvalue weighted by Crippen LogP contribution is -2.45. The molecule has 0 unspecified atom stereocenters. The van der Waals surface area contributed by atoms with Crippen LogP contribution in [0.15, 0.2) is 54.6 Å². The molecular formula is C21H25N3O4S. The normalized spacial score (nSPS) is 11.2. The average Bonchev–Trinajstić information content (AvgIpc) is 2.75. The number of hydrogen-bond acceptors (Lipinski definition) is 5. The molecule has 2 aromatic carbocycles. The molecule has 3 N–H and O–H groups in total. The molecule has 2 rings (SSSR count). The van der Waals surface area contributed by atoms with E-state index < -0.39 is 6.04 Å². The summed E-state index contributed by atoms with van der Waals surface area (Å²) in [5.74, 6) is 0.410. The topological polar surface area (TPSA) is 96.5 Å². The van der Waals surface area contributed by atoms with Crippen LogP contribution >= 0.6 is 11.8 Å². The standard InChI is InChI=1S/C21H25N3O4S/c1-22-20(26)15-8-10-16(11-9-15)23-21(27)18(12-13-29-2)24-19(25)14-28-17-6-4-3-5-7-17/h3-11,18H,12-14H2,1-2H3,(H,22,26)(H,23,27)(H,24,25)/t18-/m1/s1. The van der Waals surface area contributed by atoms with E-state index in [1.165, 1.54) is 0 Å². The third-order valence-electron chi connectivity index (χ3n) is 4.02. The van der Waals surface area contributed by atoms with E-state index in [2.05, 4.69) is 16.0 Å². The fourth-order valence-electron chi connectivity index (χ4n) is 2.48. The zero-order valence-electron chi connectivity index (χ0n) is 16.4.